The zero-order valence-corrected chi connectivity index (χ0v) is 17.9. The maximum atomic E-state index is 4.81. The van der Waals surface area contributed by atoms with Crippen LogP contribution in [0.3, 0.4) is 0 Å². The fourth-order valence-corrected chi connectivity index (χ4v) is 4.79. The highest BCUT2D eigenvalue weighted by Crippen LogP contribution is 2.33. The summed E-state index contributed by atoms with van der Waals surface area (Å²) < 4.78 is 1.10. The lowest BCUT2D eigenvalue weighted by molar-refractivity contribution is 0.271. The highest BCUT2D eigenvalue weighted by molar-refractivity contribution is 7.17. The molecule has 1 saturated heterocycles. The van der Waals surface area contributed by atoms with Crippen LogP contribution in [0.5, 0.6) is 0 Å². The molecule has 4 aromatic rings. The van der Waals surface area contributed by atoms with Crippen molar-refractivity contribution in [3.8, 4) is 11.1 Å². The number of hydrogen-bond acceptors (Lipinski definition) is 6. The van der Waals surface area contributed by atoms with Gasteiger partial charge in [0, 0.05) is 48.5 Å². The van der Waals surface area contributed by atoms with Crippen LogP contribution in [0.1, 0.15) is 6.92 Å². The maximum absolute atomic E-state index is 4.81. The van der Waals surface area contributed by atoms with E-state index in [4.69, 9.17) is 4.98 Å². The summed E-state index contributed by atoms with van der Waals surface area (Å²) in [4.78, 5) is 14.3. The van der Waals surface area contributed by atoms with Crippen molar-refractivity contribution < 1.29 is 0 Å². The van der Waals surface area contributed by atoms with Crippen LogP contribution >= 0.6 is 11.3 Å². The molecule has 5 rings (SSSR count). The first-order valence-corrected chi connectivity index (χ1v) is 11.3. The van der Waals surface area contributed by atoms with E-state index in [0.717, 1.165) is 54.2 Å². The van der Waals surface area contributed by atoms with Crippen molar-refractivity contribution in [3.05, 3.63) is 66.2 Å². The molecule has 0 spiro atoms. The van der Waals surface area contributed by atoms with Gasteiger partial charge in [-0.15, -0.1) is 11.3 Å². The number of aromatic nitrogens is 2. The molecule has 0 saturated carbocycles. The van der Waals surface area contributed by atoms with Gasteiger partial charge in [0.2, 0.25) is 5.95 Å². The molecule has 0 atom stereocenters. The molecule has 0 aliphatic carbocycles. The normalized spacial score (nSPS) is 14.9. The molecule has 6 heteroatoms. The molecule has 3 heterocycles. The Balaban J connectivity index is 1.33. The number of rotatable bonds is 5. The Kier molecular flexibility index (Phi) is 5.34. The van der Waals surface area contributed by atoms with Gasteiger partial charge in [-0.1, -0.05) is 37.3 Å². The molecule has 1 aliphatic rings. The number of hydrogen-bond donors (Lipinski definition) is 1. The third-order valence-electron chi connectivity index (χ3n) is 5.71. The molecule has 1 N–H and O–H groups in total. The maximum Gasteiger partial charge on any atom is 0.227 e. The van der Waals surface area contributed by atoms with Gasteiger partial charge in [-0.05, 0) is 36.4 Å². The molecule has 0 unspecified atom stereocenters. The minimum atomic E-state index is 0.627. The Bertz CT molecular complexity index is 1120. The van der Waals surface area contributed by atoms with Gasteiger partial charge >= 0.3 is 0 Å². The van der Waals surface area contributed by atoms with Crippen molar-refractivity contribution in [1.29, 1.82) is 0 Å². The van der Waals surface area contributed by atoms with Crippen LogP contribution < -0.4 is 10.2 Å². The summed E-state index contributed by atoms with van der Waals surface area (Å²) >= 11 is 1.68. The third kappa shape index (κ3) is 3.88. The zero-order valence-electron chi connectivity index (χ0n) is 17.1. The molecule has 0 radical (unpaired) electrons. The van der Waals surface area contributed by atoms with Gasteiger partial charge in [-0.25, -0.2) is 9.97 Å². The smallest absolute Gasteiger partial charge is 0.227 e. The van der Waals surface area contributed by atoms with Crippen LogP contribution in [-0.4, -0.2) is 47.6 Å². The van der Waals surface area contributed by atoms with Crippen LogP contribution in [0.4, 0.5) is 17.3 Å². The summed E-state index contributed by atoms with van der Waals surface area (Å²) in [5.41, 5.74) is 5.61. The fourth-order valence-electron chi connectivity index (χ4n) is 3.92. The minimum absolute atomic E-state index is 0.627. The quantitative estimate of drug-likeness (QED) is 0.483. The average molecular weight is 416 g/mol. The first-order chi connectivity index (χ1) is 14.8. The van der Waals surface area contributed by atoms with Gasteiger partial charge in [-0.2, -0.15) is 0 Å². The Morgan fingerprint density at radius 2 is 1.73 bits per heavy atom. The van der Waals surface area contributed by atoms with Crippen molar-refractivity contribution in [2.24, 2.45) is 0 Å². The highest BCUT2D eigenvalue weighted by Gasteiger charge is 2.16. The van der Waals surface area contributed by atoms with Gasteiger partial charge in [-0.3, -0.25) is 0 Å². The first-order valence-electron chi connectivity index (χ1n) is 10.4. The van der Waals surface area contributed by atoms with Crippen molar-refractivity contribution in [1.82, 2.24) is 14.9 Å². The number of fused-ring (bicyclic) bond motifs is 1. The van der Waals surface area contributed by atoms with Crippen LogP contribution in [0, 0.1) is 0 Å². The molecular formula is C24H25N5S. The van der Waals surface area contributed by atoms with E-state index in [9.17, 15) is 0 Å². The second-order valence-electron chi connectivity index (χ2n) is 7.52. The van der Waals surface area contributed by atoms with E-state index in [-0.39, 0.29) is 0 Å². The number of benzene rings is 2. The molecular weight excluding hydrogens is 390 g/mol. The molecule has 1 aliphatic heterocycles. The van der Waals surface area contributed by atoms with E-state index in [1.807, 2.05) is 12.3 Å². The number of nitrogens with zero attached hydrogens (tertiary/aromatic N) is 4. The van der Waals surface area contributed by atoms with Crippen LogP contribution in [-0.2, 0) is 0 Å². The number of nitrogens with one attached hydrogen (secondary N) is 1. The van der Waals surface area contributed by atoms with Crippen LogP contribution in [0.2, 0.25) is 0 Å². The summed E-state index contributed by atoms with van der Waals surface area (Å²) in [6.45, 7) is 7.80. The molecule has 1 fully saturated rings. The van der Waals surface area contributed by atoms with Crippen LogP contribution in [0.15, 0.2) is 66.2 Å². The second-order valence-corrected chi connectivity index (χ2v) is 8.43. The topological polar surface area (TPSA) is 44.3 Å². The third-order valence-corrected chi connectivity index (χ3v) is 6.61. The Morgan fingerprint density at radius 1 is 0.967 bits per heavy atom. The van der Waals surface area contributed by atoms with Crippen molar-refractivity contribution in [2.75, 3.05) is 42.9 Å². The predicted octanol–water partition coefficient (Wildman–Crippen LogP) is 5.24. The van der Waals surface area contributed by atoms with Crippen molar-refractivity contribution in [3.63, 3.8) is 0 Å². The number of anilines is 3. The standard InChI is InChI=1S/C24H25N5S/c1-2-28-12-14-29(15-13-28)20-10-8-19(9-11-20)26-24-25-16-22-23(27-24)21(17-30-22)18-6-4-3-5-7-18/h3-11,16-17H,2,12-15H2,1H3,(H,25,26,27). The molecule has 0 bridgehead atoms. The Morgan fingerprint density at radius 3 is 2.47 bits per heavy atom. The second kappa shape index (κ2) is 8.42. The number of piperazine rings is 1. The Labute approximate surface area is 181 Å². The summed E-state index contributed by atoms with van der Waals surface area (Å²) in [5.74, 6) is 0.627. The molecule has 0 amide bonds. The molecule has 5 nitrogen and oxygen atoms in total. The predicted molar refractivity (Wildman–Crippen MR) is 127 cm³/mol. The van der Waals surface area contributed by atoms with Gasteiger partial charge in [0.05, 0.1) is 16.4 Å². The summed E-state index contributed by atoms with van der Waals surface area (Å²) in [7, 11) is 0. The first kappa shape index (κ1) is 19.0. The zero-order chi connectivity index (χ0) is 20.3. The van der Waals surface area contributed by atoms with E-state index in [0.29, 0.717) is 5.95 Å². The van der Waals surface area contributed by atoms with Gasteiger partial charge in [0.15, 0.2) is 0 Å². The van der Waals surface area contributed by atoms with Gasteiger partial charge in [0.1, 0.15) is 0 Å². The number of thiophene rings is 1. The highest BCUT2D eigenvalue weighted by atomic mass is 32.1. The molecule has 2 aromatic heterocycles. The summed E-state index contributed by atoms with van der Waals surface area (Å²) in [6, 6.07) is 19.0. The van der Waals surface area contributed by atoms with E-state index in [1.165, 1.54) is 11.3 Å². The van der Waals surface area contributed by atoms with Crippen molar-refractivity contribution in [2.45, 2.75) is 6.92 Å². The van der Waals surface area contributed by atoms with Crippen LogP contribution in [0.25, 0.3) is 21.3 Å². The van der Waals surface area contributed by atoms with Gasteiger partial charge < -0.3 is 15.1 Å². The largest absolute Gasteiger partial charge is 0.369 e. The molecule has 2 aromatic carbocycles. The van der Waals surface area contributed by atoms with E-state index in [1.54, 1.807) is 11.3 Å². The molecule has 30 heavy (non-hydrogen) atoms. The fraction of sp³-hybridized carbons (Fsp3) is 0.250. The summed E-state index contributed by atoms with van der Waals surface area (Å²) in [6.07, 6.45) is 1.91. The lowest BCUT2D eigenvalue weighted by atomic mass is 10.1. The van der Waals surface area contributed by atoms with Gasteiger partial charge in [0.25, 0.3) is 0 Å². The average Bonchev–Trinajstić information content (AvgIpc) is 3.24. The van der Waals surface area contributed by atoms with E-state index >= 15 is 0 Å². The summed E-state index contributed by atoms with van der Waals surface area (Å²) in [5, 5.41) is 5.52. The van der Waals surface area contributed by atoms with E-state index < -0.39 is 0 Å². The lowest BCUT2D eigenvalue weighted by Crippen LogP contribution is -2.46. The SMILES string of the molecule is CCN1CCN(c2ccc(Nc3ncc4scc(-c5ccccc5)c4n3)cc2)CC1. The van der Waals surface area contributed by atoms with E-state index in [2.05, 4.69) is 80.9 Å². The van der Waals surface area contributed by atoms with Crippen molar-refractivity contribution >= 4 is 38.9 Å². The minimum Gasteiger partial charge on any atom is -0.369 e. The lowest BCUT2D eigenvalue weighted by Gasteiger charge is -2.35. The molecule has 152 valence electrons. The Hall–Kier alpha value is -2.96. The number of likely N-dealkylation sites (N-methyl/N-ethyl adjacent to an activating group) is 1. The monoisotopic (exact) mass is 415 g/mol.